The lowest BCUT2D eigenvalue weighted by Crippen LogP contribution is -2.36. The number of phenolic OH excluding ortho intramolecular Hbond substituents is 2. The second-order valence-corrected chi connectivity index (χ2v) is 5.37. The van der Waals surface area contributed by atoms with Crippen molar-refractivity contribution in [1.82, 2.24) is 4.90 Å². The minimum Gasteiger partial charge on any atom is -0.508 e. The highest BCUT2D eigenvalue weighted by atomic mass is 16.6. The summed E-state index contributed by atoms with van der Waals surface area (Å²) in [5, 5.41) is 19.0. The Morgan fingerprint density at radius 1 is 1.32 bits per heavy atom. The van der Waals surface area contributed by atoms with Gasteiger partial charge in [-0.3, -0.25) is 4.79 Å². The summed E-state index contributed by atoms with van der Waals surface area (Å²) >= 11 is 0. The maximum atomic E-state index is 12.0. The minimum absolute atomic E-state index is 0.0228. The zero-order valence-corrected chi connectivity index (χ0v) is 10.9. The van der Waals surface area contributed by atoms with E-state index in [9.17, 15) is 19.8 Å². The molecule has 0 atom stereocenters. The van der Waals surface area contributed by atoms with Crippen LogP contribution in [0.4, 0.5) is 4.79 Å². The van der Waals surface area contributed by atoms with E-state index >= 15 is 0 Å². The zero-order chi connectivity index (χ0) is 14.4. The first-order valence-corrected chi connectivity index (χ1v) is 5.79. The van der Waals surface area contributed by atoms with Gasteiger partial charge in [0, 0.05) is 6.07 Å². The molecule has 6 nitrogen and oxygen atoms in total. The molecule has 0 unspecified atom stereocenters. The van der Waals surface area contributed by atoms with Gasteiger partial charge in [-0.2, -0.15) is 0 Å². The fourth-order valence-electron chi connectivity index (χ4n) is 1.88. The van der Waals surface area contributed by atoms with Crippen LogP contribution in [0, 0.1) is 0 Å². The number of imide groups is 1. The lowest BCUT2D eigenvalue weighted by molar-refractivity contribution is 0.0248. The van der Waals surface area contributed by atoms with Crippen LogP contribution in [-0.2, 0) is 11.3 Å². The monoisotopic (exact) mass is 265 g/mol. The molecule has 0 radical (unpaired) electrons. The molecule has 6 heteroatoms. The van der Waals surface area contributed by atoms with E-state index in [-0.39, 0.29) is 23.6 Å². The van der Waals surface area contributed by atoms with Crippen LogP contribution >= 0.6 is 0 Å². The quantitative estimate of drug-likeness (QED) is 0.749. The summed E-state index contributed by atoms with van der Waals surface area (Å²) in [4.78, 5) is 24.8. The molecular weight excluding hydrogens is 250 g/mol. The fraction of sp³-hybridized carbons (Fsp3) is 0.385. The largest absolute Gasteiger partial charge is 0.508 e. The molecule has 0 spiro atoms. The van der Waals surface area contributed by atoms with Gasteiger partial charge >= 0.3 is 6.09 Å². The van der Waals surface area contributed by atoms with E-state index in [1.54, 1.807) is 20.8 Å². The third-order valence-electron chi connectivity index (χ3n) is 2.59. The molecule has 0 saturated heterocycles. The normalized spacial score (nSPS) is 14.5. The Labute approximate surface area is 110 Å². The number of nitrogens with zero attached hydrogens (tertiary/aromatic N) is 1. The van der Waals surface area contributed by atoms with Crippen LogP contribution in [0.1, 0.15) is 36.7 Å². The summed E-state index contributed by atoms with van der Waals surface area (Å²) in [6.07, 6.45) is -0.771. The number of carbonyl (C=O) groups is 2. The molecule has 2 amide bonds. The molecule has 1 aliphatic rings. The van der Waals surface area contributed by atoms with Crippen molar-refractivity contribution < 1.29 is 24.5 Å². The molecule has 0 saturated carbocycles. The molecule has 1 aromatic rings. The van der Waals surface area contributed by atoms with Gasteiger partial charge in [-0.15, -0.1) is 0 Å². The smallest absolute Gasteiger partial charge is 0.417 e. The minimum atomic E-state index is -0.771. The highest BCUT2D eigenvalue weighted by molar-refractivity contribution is 6.08. The molecule has 0 aliphatic carbocycles. The molecule has 1 aliphatic heterocycles. The number of carbonyl (C=O) groups excluding carboxylic acids is 2. The van der Waals surface area contributed by atoms with Gasteiger partial charge in [0.15, 0.2) is 0 Å². The Morgan fingerprint density at radius 3 is 2.53 bits per heavy atom. The van der Waals surface area contributed by atoms with E-state index in [2.05, 4.69) is 0 Å². The second-order valence-electron chi connectivity index (χ2n) is 5.37. The Bertz CT molecular complexity index is 559. The highest BCUT2D eigenvalue weighted by Crippen LogP contribution is 2.34. The van der Waals surface area contributed by atoms with Crippen molar-refractivity contribution in [2.45, 2.75) is 32.9 Å². The molecule has 2 N–H and O–H groups in total. The molecule has 2 rings (SSSR count). The van der Waals surface area contributed by atoms with E-state index < -0.39 is 17.6 Å². The average molecular weight is 265 g/mol. The van der Waals surface area contributed by atoms with E-state index in [0.29, 0.717) is 5.56 Å². The number of amides is 2. The first-order chi connectivity index (χ1) is 8.69. The summed E-state index contributed by atoms with van der Waals surface area (Å²) in [6.45, 7) is 5.07. The van der Waals surface area contributed by atoms with Crippen LogP contribution in [0.25, 0.3) is 0 Å². The molecule has 102 valence electrons. The van der Waals surface area contributed by atoms with E-state index in [0.717, 1.165) is 11.0 Å². The summed E-state index contributed by atoms with van der Waals surface area (Å²) < 4.78 is 5.12. The first-order valence-electron chi connectivity index (χ1n) is 5.79. The third kappa shape index (κ3) is 2.47. The van der Waals surface area contributed by atoms with Gasteiger partial charge in [-0.05, 0) is 32.4 Å². The second kappa shape index (κ2) is 4.15. The van der Waals surface area contributed by atoms with E-state index in [4.69, 9.17) is 4.74 Å². The summed E-state index contributed by atoms with van der Waals surface area (Å²) in [5.74, 6) is -1.12. The van der Waals surface area contributed by atoms with Gasteiger partial charge in [-0.1, -0.05) is 0 Å². The van der Waals surface area contributed by atoms with Crippen molar-refractivity contribution in [2.24, 2.45) is 0 Å². The number of fused-ring (bicyclic) bond motifs is 1. The van der Waals surface area contributed by atoms with Gasteiger partial charge in [0.2, 0.25) is 0 Å². The standard InChI is InChI=1S/C13H15NO5/c1-13(2,3)19-12(18)14-6-7-4-8(15)5-9(16)10(7)11(14)17/h4-5,15-16H,6H2,1-3H3. The average Bonchev–Trinajstić information content (AvgIpc) is 2.53. The van der Waals surface area contributed by atoms with Gasteiger partial charge < -0.3 is 14.9 Å². The summed E-state index contributed by atoms with van der Waals surface area (Å²) in [5.41, 5.74) is -0.284. The predicted molar refractivity (Wildman–Crippen MR) is 65.9 cm³/mol. The number of aromatic hydroxyl groups is 2. The number of phenols is 2. The van der Waals surface area contributed by atoms with E-state index in [1.165, 1.54) is 6.07 Å². The van der Waals surface area contributed by atoms with Crippen molar-refractivity contribution in [2.75, 3.05) is 0 Å². The third-order valence-corrected chi connectivity index (χ3v) is 2.59. The van der Waals surface area contributed by atoms with Crippen LogP contribution in [0.3, 0.4) is 0 Å². The van der Waals surface area contributed by atoms with Crippen LogP contribution in [0.2, 0.25) is 0 Å². The van der Waals surface area contributed by atoms with Crippen LogP contribution in [0.15, 0.2) is 12.1 Å². The van der Waals surface area contributed by atoms with Crippen molar-refractivity contribution in [3.05, 3.63) is 23.3 Å². The van der Waals surface area contributed by atoms with Crippen molar-refractivity contribution in [3.63, 3.8) is 0 Å². The van der Waals surface area contributed by atoms with Gasteiger partial charge in [0.25, 0.3) is 5.91 Å². The van der Waals surface area contributed by atoms with Crippen molar-refractivity contribution >= 4 is 12.0 Å². The van der Waals surface area contributed by atoms with Crippen LogP contribution in [-0.4, -0.2) is 32.7 Å². The van der Waals surface area contributed by atoms with Crippen LogP contribution in [0.5, 0.6) is 11.5 Å². The molecule has 19 heavy (non-hydrogen) atoms. The van der Waals surface area contributed by atoms with Crippen molar-refractivity contribution in [3.8, 4) is 11.5 Å². The van der Waals surface area contributed by atoms with Gasteiger partial charge in [-0.25, -0.2) is 9.69 Å². The lowest BCUT2D eigenvalue weighted by atomic mass is 10.1. The first kappa shape index (κ1) is 13.2. The molecule has 0 bridgehead atoms. The molecule has 1 heterocycles. The summed E-state index contributed by atoms with van der Waals surface area (Å²) in [7, 11) is 0. The predicted octanol–water partition coefficient (Wildman–Crippen LogP) is 1.99. The van der Waals surface area contributed by atoms with Gasteiger partial charge in [0.1, 0.15) is 17.1 Å². The number of hydrogen-bond acceptors (Lipinski definition) is 5. The topological polar surface area (TPSA) is 87.1 Å². The maximum Gasteiger partial charge on any atom is 0.417 e. The van der Waals surface area contributed by atoms with E-state index in [1.807, 2.05) is 0 Å². The highest BCUT2D eigenvalue weighted by Gasteiger charge is 2.37. The molecule has 0 fully saturated rings. The Morgan fingerprint density at radius 2 is 1.95 bits per heavy atom. The molecular formula is C13H15NO5. The Balaban J connectivity index is 2.29. The summed E-state index contributed by atoms with van der Waals surface area (Å²) in [6, 6.07) is 2.41. The number of hydrogen-bond donors (Lipinski definition) is 2. The number of rotatable bonds is 0. The SMILES string of the molecule is CC(C)(C)OC(=O)N1Cc2cc(O)cc(O)c2C1=O. The molecule has 0 aromatic heterocycles. The van der Waals surface area contributed by atoms with Gasteiger partial charge in [0.05, 0.1) is 12.1 Å². The molecule has 1 aromatic carbocycles. The number of benzene rings is 1. The van der Waals surface area contributed by atoms with Crippen LogP contribution < -0.4 is 0 Å². The maximum absolute atomic E-state index is 12.0. The fourth-order valence-corrected chi connectivity index (χ4v) is 1.88. The van der Waals surface area contributed by atoms with Crippen molar-refractivity contribution in [1.29, 1.82) is 0 Å². The number of ether oxygens (including phenoxy) is 1. The Kier molecular flexibility index (Phi) is 2.88. The Hall–Kier alpha value is -2.24. The zero-order valence-electron chi connectivity index (χ0n) is 10.9. The lowest BCUT2D eigenvalue weighted by Gasteiger charge is -2.23.